The summed E-state index contributed by atoms with van der Waals surface area (Å²) in [4.78, 5) is 4.77. The van der Waals surface area contributed by atoms with Crippen molar-refractivity contribution in [2.45, 2.75) is 32.2 Å². The van der Waals surface area contributed by atoms with Crippen molar-refractivity contribution in [2.75, 3.05) is 33.2 Å². The fraction of sp³-hybridized carbons (Fsp3) is 0.455. The van der Waals surface area contributed by atoms with Crippen LogP contribution in [0.4, 0.5) is 13.2 Å². The normalized spacial score (nSPS) is 18.1. The van der Waals surface area contributed by atoms with E-state index >= 15 is 0 Å². The molecule has 0 aliphatic carbocycles. The van der Waals surface area contributed by atoms with Gasteiger partial charge < -0.3 is 10.0 Å². The Bertz CT molecular complexity index is 787. The molecule has 2 aromatic carbocycles. The minimum atomic E-state index is -4.42. The van der Waals surface area contributed by atoms with Crippen LogP contribution in [0.3, 0.4) is 0 Å². The number of benzene rings is 2. The summed E-state index contributed by atoms with van der Waals surface area (Å²) in [5.41, 5.74) is 2.17. The Labute approximate surface area is 164 Å². The molecule has 3 nitrogen and oxygen atoms in total. The molecular weight excluding hydrogens is 365 g/mol. The van der Waals surface area contributed by atoms with E-state index in [0.29, 0.717) is 5.56 Å². The van der Waals surface area contributed by atoms with Gasteiger partial charge in [0.2, 0.25) is 0 Å². The largest absolute Gasteiger partial charge is 0.416 e. The van der Waals surface area contributed by atoms with Crippen LogP contribution in [-0.2, 0) is 12.7 Å². The Morgan fingerprint density at radius 3 is 2.36 bits per heavy atom. The maximum absolute atomic E-state index is 13.0. The molecule has 1 fully saturated rings. The molecule has 0 spiro atoms. The van der Waals surface area contributed by atoms with Gasteiger partial charge in [0.05, 0.1) is 11.7 Å². The second-order valence-electron chi connectivity index (χ2n) is 7.61. The molecule has 152 valence electrons. The van der Waals surface area contributed by atoms with Crippen LogP contribution in [0, 0.1) is 0 Å². The first kappa shape index (κ1) is 20.8. The van der Waals surface area contributed by atoms with Gasteiger partial charge in [-0.05, 0) is 67.9 Å². The van der Waals surface area contributed by atoms with Gasteiger partial charge in [-0.3, -0.25) is 4.90 Å². The molecule has 1 aliphatic heterocycles. The van der Waals surface area contributed by atoms with E-state index in [9.17, 15) is 18.3 Å². The number of hydrogen-bond acceptors (Lipinski definition) is 3. The summed E-state index contributed by atoms with van der Waals surface area (Å²) in [7, 11) is 2.14. The third-order valence-corrected chi connectivity index (χ3v) is 5.31. The average molecular weight is 392 g/mol. The van der Waals surface area contributed by atoms with Crippen LogP contribution < -0.4 is 0 Å². The predicted molar refractivity (Wildman–Crippen MR) is 105 cm³/mol. The van der Waals surface area contributed by atoms with E-state index in [1.807, 2.05) is 24.3 Å². The standard InChI is InChI=1S/C22H27F3N2O/c1-16(28)21-14-19(22(23,24)25)8-9-20(21)18-6-4-17(5-7-18)15-27-11-3-10-26(2)12-13-27/h4-9,14,16,28H,3,10-13,15H2,1-2H3. The third-order valence-electron chi connectivity index (χ3n) is 5.31. The van der Waals surface area contributed by atoms with Crippen molar-refractivity contribution < 1.29 is 18.3 Å². The zero-order valence-corrected chi connectivity index (χ0v) is 16.3. The number of nitrogens with zero attached hydrogens (tertiary/aromatic N) is 2. The first-order valence-corrected chi connectivity index (χ1v) is 9.63. The number of aliphatic hydroxyl groups excluding tert-OH is 1. The highest BCUT2D eigenvalue weighted by molar-refractivity contribution is 5.68. The highest BCUT2D eigenvalue weighted by Crippen LogP contribution is 2.35. The Hall–Kier alpha value is -1.89. The van der Waals surface area contributed by atoms with E-state index in [1.165, 1.54) is 18.6 Å². The van der Waals surface area contributed by atoms with Crippen LogP contribution in [-0.4, -0.2) is 48.1 Å². The smallest absolute Gasteiger partial charge is 0.389 e. The van der Waals surface area contributed by atoms with Crippen LogP contribution in [0.15, 0.2) is 42.5 Å². The summed E-state index contributed by atoms with van der Waals surface area (Å²) < 4.78 is 39.0. The van der Waals surface area contributed by atoms with E-state index < -0.39 is 17.8 Å². The Morgan fingerprint density at radius 1 is 1.00 bits per heavy atom. The third kappa shape index (κ3) is 5.13. The molecule has 6 heteroatoms. The lowest BCUT2D eigenvalue weighted by Crippen LogP contribution is -2.28. The van der Waals surface area contributed by atoms with E-state index in [2.05, 4.69) is 16.8 Å². The molecule has 0 bridgehead atoms. The maximum Gasteiger partial charge on any atom is 0.416 e. The molecule has 0 saturated carbocycles. The monoisotopic (exact) mass is 392 g/mol. The molecule has 1 aliphatic rings. The van der Waals surface area contributed by atoms with E-state index in [0.717, 1.165) is 56.8 Å². The lowest BCUT2D eigenvalue weighted by Gasteiger charge is -2.20. The van der Waals surface area contributed by atoms with Gasteiger partial charge >= 0.3 is 6.18 Å². The predicted octanol–water partition coefficient (Wildman–Crippen LogP) is 4.56. The summed E-state index contributed by atoms with van der Waals surface area (Å²) in [6.07, 6.45) is -4.25. The molecule has 3 rings (SSSR count). The topological polar surface area (TPSA) is 26.7 Å². The van der Waals surface area contributed by atoms with Gasteiger partial charge in [0.1, 0.15) is 0 Å². The SMILES string of the molecule is CC(O)c1cc(C(F)(F)F)ccc1-c1ccc(CN2CCCN(C)CC2)cc1. The molecule has 1 atom stereocenters. The maximum atomic E-state index is 13.0. The fourth-order valence-corrected chi connectivity index (χ4v) is 3.65. The van der Waals surface area contributed by atoms with Gasteiger partial charge in [0.25, 0.3) is 0 Å². The van der Waals surface area contributed by atoms with Gasteiger partial charge in [0.15, 0.2) is 0 Å². The lowest BCUT2D eigenvalue weighted by molar-refractivity contribution is -0.137. The van der Waals surface area contributed by atoms with Gasteiger partial charge in [-0.25, -0.2) is 0 Å². The Morgan fingerprint density at radius 2 is 1.71 bits per heavy atom. The van der Waals surface area contributed by atoms with Gasteiger partial charge in [-0.15, -0.1) is 0 Å². The summed E-state index contributed by atoms with van der Waals surface area (Å²) in [5.74, 6) is 0. The van der Waals surface area contributed by atoms with Crippen molar-refractivity contribution in [1.29, 1.82) is 0 Å². The first-order chi connectivity index (χ1) is 13.2. The van der Waals surface area contributed by atoms with Crippen LogP contribution in [0.5, 0.6) is 0 Å². The molecule has 0 radical (unpaired) electrons. The quantitative estimate of drug-likeness (QED) is 0.826. The zero-order chi connectivity index (χ0) is 20.3. The summed E-state index contributed by atoms with van der Waals surface area (Å²) in [6, 6.07) is 11.5. The number of likely N-dealkylation sites (N-methyl/N-ethyl adjacent to an activating group) is 1. The van der Waals surface area contributed by atoms with Crippen LogP contribution in [0.1, 0.15) is 36.1 Å². The molecule has 1 unspecified atom stereocenters. The molecule has 1 N–H and O–H groups in total. The van der Waals surface area contributed by atoms with Crippen LogP contribution in [0.2, 0.25) is 0 Å². The molecule has 2 aromatic rings. The minimum absolute atomic E-state index is 0.290. The molecule has 28 heavy (non-hydrogen) atoms. The van der Waals surface area contributed by atoms with Crippen molar-refractivity contribution in [2.24, 2.45) is 0 Å². The van der Waals surface area contributed by atoms with Crippen molar-refractivity contribution in [1.82, 2.24) is 9.80 Å². The Kier molecular flexibility index (Phi) is 6.43. The first-order valence-electron chi connectivity index (χ1n) is 9.63. The van der Waals surface area contributed by atoms with Crippen molar-refractivity contribution >= 4 is 0 Å². The summed E-state index contributed by atoms with van der Waals surface area (Å²) >= 11 is 0. The molecular formula is C22H27F3N2O. The number of alkyl halides is 3. The summed E-state index contributed by atoms with van der Waals surface area (Å²) in [5, 5.41) is 10.00. The van der Waals surface area contributed by atoms with Crippen molar-refractivity contribution in [3.05, 3.63) is 59.2 Å². The van der Waals surface area contributed by atoms with Crippen LogP contribution in [0.25, 0.3) is 11.1 Å². The van der Waals surface area contributed by atoms with Gasteiger partial charge in [0, 0.05) is 19.6 Å². The highest BCUT2D eigenvalue weighted by atomic mass is 19.4. The number of rotatable bonds is 4. The lowest BCUT2D eigenvalue weighted by atomic mass is 9.94. The molecule has 1 saturated heterocycles. The number of halogens is 3. The average Bonchev–Trinajstić information content (AvgIpc) is 2.85. The molecule has 0 aromatic heterocycles. The molecule has 0 amide bonds. The van der Waals surface area contributed by atoms with E-state index in [4.69, 9.17) is 0 Å². The number of hydrogen-bond donors (Lipinski definition) is 1. The molecule has 1 heterocycles. The fourth-order valence-electron chi connectivity index (χ4n) is 3.65. The zero-order valence-electron chi connectivity index (χ0n) is 16.3. The minimum Gasteiger partial charge on any atom is -0.389 e. The second-order valence-corrected chi connectivity index (χ2v) is 7.61. The van der Waals surface area contributed by atoms with Gasteiger partial charge in [-0.2, -0.15) is 13.2 Å². The number of aliphatic hydroxyl groups is 1. The van der Waals surface area contributed by atoms with E-state index in [1.54, 1.807) is 0 Å². The summed E-state index contributed by atoms with van der Waals surface area (Å²) in [6.45, 7) is 6.63. The van der Waals surface area contributed by atoms with E-state index in [-0.39, 0.29) is 5.56 Å². The van der Waals surface area contributed by atoms with Gasteiger partial charge in [-0.1, -0.05) is 30.3 Å². The van der Waals surface area contributed by atoms with Crippen molar-refractivity contribution in [3.8, 4) is 11.1 Å². The second kappa shape index (κ2) is 8.64. The highest BCUT2D eigenvalue weighted by Gasteiger charge is 2.31. The van der Waals surface area contributed by atoms with Crippen molar-refractivity contribution in [3.63, 3.8) is 0 Å². The Balaban J connectivity index is 1.79. The van der Waals surface area contributed by atoms with Crippen LogP contribution >= 0.6 is 0 Å².